The van der Waals surface area contributed by atoms with Crippen LogP contribution in [0.4, 0.5) is 5.69 Å². The van der Waals surface area contributed by atoms with Crippen molar-refractivity contribution in [2.75, 3.05) is 51.3 Å². The average molecular weight is 442 g/mol. The quantitative estimate of drug-likeness (QED) is 0.572. The molecule has 31 heavy (non-hydrogen) atoms. The van der Waals surface area contributed by atoms with Gasteiger partial charge < -0.3 is 19.7 Å². The molecule has 168 valence electrons. The molecule has 1 N–H and O–H groups in total. The first-order chi connectivity index (χ1) is 15.0. The molecule has 0 bridgehead atoms. The molecule has 1 heterocycles. The lowest BCUT2D eigenvalue weighted by atomic mass is 10.1. The summed E-state index contributed by atoms with van der Waals surface area (Å²) in [6.45, 7) is 13.4. The zero-order valence-corrected chi connectivity index (χ0v) is 19.8. The Morgan fingerprint density at radius 1 is 1.10 bits per heavy atom. The second kappa shape index (κ2) is 12.0. The molecule has 0 saturated carbocycles. The number of rotatable bonds is 9. The summed E-state index contributed by atoms with van der Waals surface area (Å²) in [6, 6.07) is 14.7. The molecule has 0 aliphatic carbocycles. The van der Waals surface area contributed by atoms with Crippen LogP contribution in [0.3, 0.4) is 0 Å². The maximum Gasteiger partial charge on any atom is 0.173 e. The summed E-state index contributed by atoms with van der Waals surface area (Å²) in [5.41, 5.74) is 4.81. The van der Waals surface area contributed by atoms with Gasteiger partial charge in [0.1, 0.15) is 5.75 Å². The van der Waals surface area contributed by atoms with Crippen molar-refractivity contribution in [1.82, 2.24) is 9.80 Å². The van der Waals surface area contributed by atoms with Crippen LogP contribution < -0.4 is 10.1 Å². The van der Waals surface area contributed by atoms with E-state index in [1.54, 1.807) is 0 Å². The first-order valence-corrected chi connectivity index (χ1v) is 11.6. The highest BCUT2D eigenvalue weighted by molar-refractivity contribution is 7.80. The number of morpholine rings is 1. The van der Waals surface area contributed by atoms with E-state index in [1.165, 1.54) is 16.7 Å². The standard InChI is InChI=1S/C25H35N3O2S/c1-4-30-24-10-7-22(8-11-24)19-28(13-5-12-27-14-16-29-17-15-27)25(31)26-23-9-6-20(2)21(3)18-23/h6-11,18H,4-5,12-17,19H2,1-3H3,(H,26,31). The van der Waals surface area contributed by atoms with Gasteiger partial charge in [-0.15, -0.1) is 0 Å². The first-order valence-electron chi connectivity index (χ1n) is 11.2. The van der Waals surface area contributed by atoms with E-state index in [9.17, 15) is 0 Å². The molecule has 2 aromatic carbocycles. The number of anilines is 1. The third-order valence-electron chi connectivity index (χ3n) is 5.66. The number of nitrogens with zero attached hydrogens (tertiary/aromatic N) is 2. The van der Waals surface area contributed by atoms with Gasteiger partial charge in [0.05, 0.1) is 19.8 Å². The molecule has 1 aliphatic rings. The smallest absolute Gasteiger partial charge is 0.173 e. The predicted octanol–water partition coefficient (Wildman–Crippen LogP) is 4.62. The largest absolute Gasteiger partial charge is 0.494 e. The van der Waals surface area contributed by atoms with Crippen LogP contribution in [-0.2, 0) is 11.3 Å². The van der Waals surface area contributed by atoms with Crippen LogP contribution in [0.5, 0.6) is 5.75 Å². The summed E-state index contributed by atoms with van der Waals surface area (Å²) in [6.07, 6.45) is 1.06. The van der Waals surface area contributed by atoms with E-state index in [-0.39, 0.29) is 0 Å². The number of hydrogen-bond acceptors (Lipinski definition) is 4. The van der Waals surface area contributed by atoms with Crippen LogP contribution >= 0.6 is 12.2 Å². The molecule has 1 saturated heterocycles. The van der Waals surface area contributed by atoms with E-state index in [0.717, 1.165) is 68.9 Å². The molecule has 3 rings (SSSR count). The topological polar surface area (TPSA) is 37.0 Å². The molecule has 0 unspecified atom stereocenters. The molecule has 0 spiro atoms. The number of aryl methyl sites for hydroxylation is 2. The van der Waals surface area contributed by atoms with E-state index in [0.29, 0.717) is 6.61 Å². The SMILES string of the molecule is CCOc1ccc(CN(CCCN2CCOCC2)C(=S)Nc2ccc(C)c(C)c2)cc1. The second-order valence-corrected chi connectivity index (χ2v) is 8.42. The van der Waals surface area contributed by atoms with E-state index < -0.39 is 0 Å². The molecule has 0 radical (unpaired) electrons. The Balaban J connectivity index is 1.64. The van der Waals surface area contributed by atoms with Gasteiger partial charge in [-0.25, -0.2) is 0 Å². The minimum absolute atomic E-state index is 0.678. The van der Waals surface area contributed by atoms with Crippen molar-refractivity contribution in [3.63, 3.8) is 0 Å². The van der Waals surface area contributed by atoms with Crippen molar-refractivity contribution in [2.45, 2.75) is 33.7 Å². The number of hydrogen-bond donors (Lipinski definition) is 1. The van der Waals surface area contributed by atoms with E-state index in [1.807, 2.05) is 19.1 Å². The van der Waals surface area contributed by atoms with Gasteiger partial charge in [0.2, 0.25) is 0 Å². The minimum Gasteiger partial charge on any atom is -0.494 e. The fraction of sp³-hybridized carbons (Fsp3) is 0.480. The van der Waals surface area contributed by atoms with Gasteiger partial charge in [-0.2, -0.15) is 0 Å². The maximum absolute atomic E-state index is 5.83. The number of ether oxygens (including phenoxy) is 2. The minimum atomic E-state index is 0.678. The Labute approximate surface area is 192 Å². The molecule has 0 amide bonds. The summed E-state index contributed by atoms with van der Waals surface area (Å²) in [4.78, 5) is 4.74. The van der Waals surface area contributed by atoms with Gasteiger partial charge in [0, 0.05) is 38.4 Å². The first kappa shape index (κ1) is 23.5. The summed E-state index contributed by atoms with van der Waals surface area (Å²) in [7, 11) is 0. The third-order valence-corrected chi connectivity index (χ3v) is 6.02. The molecule has 6 heteroatoms. The van der Waals surface area contributed by atoms with Crippen LogP contribution in [0, 0.1) is 13.8 Å². The average Bonchev–Trinajstić information content (AvgIpc) is 2.78. The van der Waals surface area contributed by atoms with E-state index >= 15 is 0 Å². The van der Waals surface area contributed by atoms with Crippen LogP contribution in [0.25, 0.3) is 0 Å². The van der Waals surface area contributed by atoms with Gasteiger partial charge in [-0.3, -0.25) is 4.90 Å². The Bertz CT molecular complexity index is 835. The van der Waals surface area contributed by atoms with Gasteiger partial charge in [-0.05, 0) is 80.4 Å². The van der Waals surface area contributed by atoms with Crippen molar-refractivity contribution in [1.29, 1.82) is 0 Å². The highest BCUT2D eigenvalue weighted by Crippen LogP contribution is 2.17. The molecule has 1 aliphatic heterocycles. The van der Waals surface area contributed by atoms with Crippen LogP contribution in [0.1, 0.15) is 30.0 Å². The molecular weight excluding hydrogens is 406 g/mol. The normalized spacial score (nSPS) is 14.3. The maximum atomic E-state index is 5.83. The molecule has 5 nitrogen and oxygen atoms in total. The van der Waals surface area contributed by atoms with Crippen molar-refractivity contribution < 1.29 is 9.47 Å². The zero-order valence-electron chi connectivity index (χ0n) is 19.0. The summed E-state index contributed by atoms with van der Waals surface area (Å²) < 4.78 is 11.0. The van der Waals surface area contributed by atoms with Gasteiger partial charge in [0.15, 0.2) is 5.11 Å². The monoisotopic (exact) mass is 441 g/mol. The molecule has 0 atom stereocenters. The molecule has 1 fully saturated rings. The number of thiocarbonyl (C=S) groups is 1. The lowest BCUT2D eigenvalue weighted by molar-refractivity contribution is 0.0368. The van der Waals surface area contributed by atoms with Crippen LogP contribution in [0.15, 0.2) is 42.5 Å². The van der Waals surface area contributed by atoms with Crippen molar-refractivity contribution in [2.24, 2.45) is 0 Å². The Kier molecular flexibility index (Phi) is 9.13. The summed E-state index contributed by atoms with van der Waals surface area (Å²) in [5.74, 6) is 0.904. The molecule has 2 aromatic rings. The lowest BCUT2D eigenvalue weighted by Crippen LogP contribution is -2.40. The van der Waals surface area contributed by atoms with Crippen molar-refractivity contribution in [3.8, 4) is 5.75 Å². The lowest BCUT2D eigenvalue weighted by Gasteiger charge is -2.30. The van der Waals surface area contributed by atoms with Gasteiger partial charge >= 0.3 is 0 Å². The fourth-order valence-corrected chi connectivity index (χ4v) is 3.94. The number of nitrogens with one attached hydrogen (secondary N) is 1. The van der Waals surface area contributed by atoms with E-state index in [2.05, 4.69) is 59.3 Å². The predicted molar refractivity (Wildman–Crippen MR) is 132 cm³/mol. The third kappa shape index (κ3) is 7.49. The second-order valence-electron chi connectivity index (χ2n) is 8.04. The van der Waals surface area contributed by atoms with Crippen LogP contribution in [-0.4, -0.2) is 60.9 Å². The summed E-state index contributed by atoms with van der Waals surface area (Å²) in [5, 5.41) is 4.21. The molecular formula is C25H35N3O2S. The van der Waals surface area contributed by atoms with Gasteiger partial charge in [0.25, 0.3) is 0 Å². The van der Waals surface area contributed by atoms with Gasteiger partial charge in [-0.1, -0.05) is 18.2 Å². The highest BCUT2D eigenvalue weighted by Gasteiger charge is 2.14. The Morgan fingerprint density at radius 2 is 1.84 bits per heavy atom. The Morgan fingerprint density at radius 3 is 2.52 bits per heavy atom. The number of benzene rings is 2. The zero-order chi connectivity index (χ0) is 22.1. The van der Waals surface area contributed by atoms with Crippen molar-refractivity contribution >= 4 is 23.0 Å². The Hall–Kier alpha value is -2.15. The van der Waals surface area contributed by atoms with Crippen molar-refractivity contribution in [3.05, 3.63) is 59.2 Å². The molecule has 0 aromatic heterocycles. The van der Waals surface area contributed by atoms with E-state index in [4.69, 9.17) is 21.7 Å². The van der Waals surface area contributed by atoms with Crippen LogP contribution in [0.2, 0.25) is 0 Å². The summed E-state index contributed by atoms with van der Waals surface area (Å²) >= 11 is 5.83. The fourth-order valence-electron chi connectivity index (χ4n) is 3.66. The highest BCUT2D eigenvalue weighted by atomic mass is 32.1.